The van der Waals surface area contributed by atoms with E-state index in [1.54, 1.807) is 20.8 Å². The first-order chi connectivity index (χ1) is 7.78. The Labute approximate surface area is 101 Å². The van der Waals surface area contributed by atoms with Gasteiger partial charge in [-0.3, -0.25) is 14.8 Å². The molecule has 0 aromatic heterocycles. The van der Waals surface area contributed by atoms with E-state index in [1.807, 2.05) is 0 Å². The van der Waals surface area contributed by atoms with E-state index < -0.39 is 11.6 Å². The molecule has 0 aliphatic carbocycles. The minimum absolute atomic E-state index is 0.0701. The Morgan fingerprint density at radius 2 is 1.88 bits per heavy atom. The molecule has 0 amide bonds. The van der Waals surface area contributed by atoms with Crippen molar-refractivity contribution in [2.75, 3.05) is 6.61 Å². The Hall–Kier alpha value is -1.46. The molecule has 0 unspecified atom stereocenters. The van der Waals surface area contributed by atoms with Crippen molar-refractivity contribution in [1.82, 2.24) is 0 Å². The van der Waals surface area contributed by atoms with Crippen LogP contribution in [0, 0.1) is 0 Å². The highest BCUT2D eigenvalue weighted by atomic mass is 17.1. The van der Waals surface area contributed by atoms with Gasteiger partial charge in [-0.1, -0.05) is 0 Å². The van der Waals surface area contributed by atoms with E-state index in [9.17, 15) is 9.59 Å². The molecule has 96 valence electrons. The smallest absolute Gasteiger partial charge is 0.302 e. The molecule has 0 aliphatic heterocycles. The van der Waals surface area contributed by atoms with Crippen molar-refractivity contribution in [3.63, 3.8) is 0 Å². The summed E-state index contributed by atoms with van der Waals surface area (Å²) in [4.78, 5) is 26.2. The van der Waals surface area contributed by atoms with Gasteiger partial charge in [-0.25, -0.2) is 4.89 Å². The Morgan fingerprint density at radius 3 is 2.35 bits per heavy atom. The fourth-order valence-corrected chi connectivity index (χ4v) is 0.823. The summed E-state index contributed by atoms with van der Waals surface area (Å²) in [5, 5.41) is 8.51. The van der Waals surface area contributed by atoms with Gasteiger partial charge in [0.05, 0.1) is 0 Å². The number of ether oxygens (including phenoxy) is 1. The second-order valence-electron chi connectivity index (χ2n) is 4.08. The lowest BCUT2D eigenvalue weighted by Crippen LogP contribution is -2.19. The molecule has 5 heteroatoms. The molecular weight excluding hydrogens is 224 g/mol. The predicted octanol–water partition coefficient (Wildman–Crippen LogP) is 1.89. The minimum Gasteiger partial charge on any atom is -0.462 e. The maximum Gasteiger partial charge on any atom is 0.302 e. The lowest BCUT2D eigenvalue weighted by atomic mass is 10.1. The molecule has 0 saturated carbocycles. The Kier molecular flexibility index (Phi) is 6.38. The lowest BCUT2D eigenvalue weighted by molar-refractivity contribution is -0.297. The summed E-state index contributed by atoms with van der Waals surface area (Å²) in [6, 6.07) is 0. The van der Waals surface area contributed by atoms with E-state index in [4.69, 9.17) is 5.26 Å². The van der Waals surface area contributed by atoms with Crippen molar-refractivity contribution in [1.29, 1.82) is 0 Å². The van der Waals surface area contributed by atoms with Gasteiger partial charge < -0.3 is 4.74 Å². The van der Waals surface area contributed by atoms with Crippen LogP contribution in [0.4, 0.5) is 0 Å². The van der Waals surface area contributed by atoms with Gasteiger partial charge in [-0.05, 0) is 44.6 Å². The maximum atomic E-state index is 11.5. The summed E-state index contributed by atoms with van der Waals surface area (Å²) in [6.45, 7) is 6.19. The van der Waals surface area contributed by atoms with E-state index in [0.29, 0.717) is 5.57 Å². The van der Waals surface area contributed by atoms with Crippen molar-refractivity contribution in [2.45, 2.75) is 33.3 Å². The minimum atomic E-state index is -0.911. The average molecular weight is 242 g/mol. The molecule has 17 heavy (non-hydrogen) atoms. The Balaban J connectivity index is 4.36. The molecule has 5 nitrogen and oxygen atoms in total. The lowest BCUT2D eigenvalue weighted by Gasteiger charge is -2.14. The summed E-state index contributed by atoms with van der Waals surface area (Å²) < 4.78 is 4.67. The summed E-state index contributed by atoms with van der Waals surface area (Å²) in [6.07, 6.45) is 4.26. The van der Waals surface area contributed by atoms with E-state index >= 15 is 0 Å². The average Bonchev–Trinajstić information content (AvgIpc) is 2.25. The van der Waals surface area contributed by atoms with Crippen LogP contribution in [-0.4, -0.2) is 29.2 Å². The first-order valence-corrected chi connectivity index (χ1v) is 5.15. The number of carbonyl (C=O) groups is 2. The number of rotatable bonds is 6. The molecule has 0 aromatic rings. The van der Waals surface area contributed by atoms with Gasteiger partial charge in [0.25, 0.3) is 0 Å². The molecule has 0 saturated heterocycles. The molecule has 0 bridgehead atoms. The van der Waals surface area contributed by atoms with Crippen LogP contribution < -0.4 is 0 Å². The molecule has 0 aliphatic rings. The van der Waals surface area contributed by atoms with Crippen molar-refractivity contribution < 1.29 is 24.5 Å². The van der Waals surface area contributed by atoms with E-state index in [0.717, 1.165) is 0 Å². The van der Waals surface area contributed by atoms with Crippen LogP contribution in [0.1, 0.15) is 27.7 Å². The predicted molar refractivity (Wildman–Crippen MR) is 62.3 cm³/mol. The summed E-state index contributed by atoms with van der Waals surface area (Å²) >= 11 is 0. The normalized spacial score (nSPS) is 12.9. The molecule has 0 aromatic carbocycles. The highest BCUT2D eigenvalue weighted by molar-refractivity contribution is 6.03. The second kappa shape index (κ2) is 6.98. The van der Waals surface area contributed by atoms with Crippen molar-refractivity contribution >= 4 is 11.8 Å². The number of ketones is 1. The Bertz CT molecular complexity index is 339. The summed E-state index contributed by atoms with van der Waals surface area (Å²) in [7, 11) is 0. The molecule has 0 atom stereocenters. The number of allylic oxidation sites excluding steroid dienone is 2. The fraction of sp³-hybridized carbons (Fsp3) is 0.500. The van der Waals surface area contributed by atoms with Crippen LogP contribution in [0.2, 0.25) is 0 Å². The van der Waals surface area contributed by atoms with E-state index in [1.165, 1.54) is 25.2 Å². The van der Waals surface area contributed by atoms with Gasteiger partial charge in [-0.2, -0.15) is 0 Å². The standard InChI is InChI=1S/C12H18O5/c1-9(6-8-16-10(2)13)11(14)5-7-12(3,4)17-15/h5-7,15H,8H2,1-4H3. The number of esters is 1. The molecule has 0 radical (unpaired) electrons. The van der Waals surface area contributed by atoms with Crippen LogP contribution in [0.15, 0.2) is 23.8 Å². The second-order valence-corrected chi connectivity index (χ2v) is 4.08. The quantitative estimate of drug-likeness (QED) is 0.333. The topological polar surface area (TPSA) is 72.8 Å². The first kappa shape index (κ1) is 15.5. The SMILES string of the molecule is CC(=O)OCC=C(C)C(=O)C=CC(C)(C)OO. The van der Waals surface area contributed by atoms with Crippen molar-refractivity contribution in [3.05, 3.63) is 23.8 Å². The third-order valence-electron chi connectivity index (χ3n) is 1.94. The zero-order chi connectivity index (χ0) is 13.5. The van der Waals surface area contributed by atoms with Crippen LogP contribution in [0.25, 0.3) is 0 Å². The largest absolute Gasteiger partial charge is 0.462 e. The van der Waals surface area contributed by atoms with Gasteiger partial charge in [0.1, 0.15) is 12.2 Å². The molecule has 1 N–H and O–H groups in total. The van der Waals surface area contributed by atoms with Crippen LogP contribution in [-0.2, 0) is 19.2 Å². The summed E-state index contributed by atoms with van der Waals surface area (Å²) in [5.74, 6) is -0.630. The fourth-order valence-electron chi connectivity index (χ4n) is 0.823. The summed E-state index contributed by atoms with van der Waals surface area (Å²) in [5.41, 5.74) is -0.456. The zero-order valence-electron chi connectivity index (χ0n) is 10.5. The molecule has 0 heterocycles. The zero-order valence-corrected chi connectivity index (χ0v) is 10.5. The highest BCUT2D eigenvalue weighted by Gasteiger charge is 2.14. The number of hydrogen-bond acceptors (Lipinski definition) is 5. The highest BCUT2D eigenvalue weighted by Crippen LogP contribution is 2.09. The molecule has 0 spiro atoms. The molecule has 0 fully saturated rings. The van der Waals surface area contributed by atoms with Gasteiger partial charge in [0, 0.05) is 6.92 Å². The maximum absolute atomic E-state index is 11.5. The van der Waals surface area contributed by atoms with Gasteiger partial charge in [0.15, 0.2) is 5.78 Å². The van der Waals surface area contributed by atoms with E-state index in [-0.39, 0.29) is 12.4 Å². The van der Waals surface area contributed by atoms with Crippen LogP contribution >= 0.6 is 0 Å². The van der Waals surface area contributed by atoms with Crippen LogP contribution in [0.5, 0.6) is 0 Å². The third kappa shape index (κ3) is 7.43. The third-order valence-corrected chi connectivity index (χ3v) is 1.94. The molecule has 0 rings (SSSR count). The first-order valence-electron chi connectivity index (χ1n) is 5.15. The monoisotopic (exact) mass is 242 g/mol. The van der Waals surface area contributed by atoms with Gasteiger partial charge in [-0.15, -0.1) is 0 Å². The molecular formula is C12H18O5. The van der Waals surface area contributed by atoms with Gasteiger partial charge in [0.2, 0.25) is 0 Å². The van der Waals surface area contributed by atoms with Crippen molar-refractivity contribution in [2.24, 2.45) is 0 Å². The van der Waals surface area contributed by atoms with E-state index in [2.05, 4.69) is 9.62 Å². The Morgan fingerprint density at radius 1 is 1.29 bits per heavy atom. The number of carbonyl (C=O) groups excluding carboxylic acids is 2. The van der Waals surface area contributed by atoms with Crippen molar-refractivity contribution in [3.8, 4) is 0 Å². The van der Waals surface area contributed by atoms with Gasteiger partial charge >= 0.3 is 5.97 Å². The number of hydrogen-bond donors (Lipinski definition) is 1. The van der Waals surface area contributed by atoms with Crippen LogP contribution in [0.3, 0.4) is 0 Å².